The molecule has 3 heterocycles. The SMILES string of the molecule is Cc1oc(-c2ccco2)nc1CC(=O)O[C@@H]1[C@H]2CCCO[C@H]2C1(C)C. The Morgan fingerprint density at radius 2 is 2.28 bits per heavy atom. The summed E-state index contributed by atoms with van der Waals surface area (Å²) in [7, 11) is 0. The zero-order valence-electron chi connectivity index (χ0n) is 14.8. The van der Waals surface area contributed by atoms with E-state index in [1.807, 2.05) is 0 Å². The maximum atomic E-state index is 12.5. The van der Waals surface area contributed by atoms with Gasteiger partial charge in [-0.3, -0.25) is 4.79 Å². The molecule has 1 saturated carbocycles. The fraction of sp³-hybridized carbons (Fsp3) is 0.579. The Hall–Kier alpha value is -2.08. The van der Waals surface area contributed by atoms with E-state index in [0.717, 1.165) is 19.4 Å². The van der Waals surface area contributed by atoms with Gasteiger partial charge in [0.05, 0.1) is 24.5 Å². The third-order valence-corrected chi connectivity index (χ3v) is 5.42. The number of oxazole rings is 1. The van der Waals surface area contributed by atoms with Gasteiger partial charge >= 0.3 is 5.97 Å². The summed E-state index contributed by atoms with van der Waals surface area (Å²) in [5.41, 5.74) is 0.448. The van der Waals surface area contributed by atoms with E-state index in [9.17, 15) is 4.79 Å². The molecule has 0 spiro atoms. The molecule has 25 heavy (non-hydrogen) atoms. The Morgan fingerprint density at radius 3 is 3.04 bits per heavy atom. The molecule has 2 aliphatic rings. The van der Waals surface area contributed by atoms with Crippen molar-refractivity contribution in [2.45, 2.75) is 52.2 Å². The van der Waals surface area contributed by atoms with E-state index in [2.05, 4.69) is 18.8 Å². The highest BCUT2D eigenvalue weighted by atomic mass is 16.6. The molecule has 0 bridgehead atoms. The highest BCUT2D eigenvalue weighted by molar-refractivity contribution is 5.73. The topological polar surface area (TPSA) is 74.7 Å². The maximum Gasteiger partial charge on any atom is 0.312 e. The molecule has 3 atom stereocenters. The van der Waals surface area contributed by atoms with Gasteiger partial charge in [-0.05, 0) is 31.9 Å². The van der Waals surface area contributed by atoms with E-state index >= 15 is 0 Å². The molecule has 2 aromatic heterocycles. The minimum atomic E-state index is -0.274. The molecule has 6 nitrogen and oxygen atoms in total. The zero-order chi connectivity index (χ0) is 17.6. The van der Waals surface area contributed by atoms with Crippen molar-refractivity contribution in [3.05, 3.63) is 29.9 Å². The van der Waals surface area contributed by atoms with Crippen LogP contribution in [0.5, 0.6) is 0 Å². The Kier molecular flexibility index (Phi) is 3.95. The van der Waals surface area contributed by atoms with E-state index in [4.69, 9.17) is 18.3 Å². The molecule has 2 aromatic rings. The van der Waals surface area contributed by atoms with Crippen molar-refractivity contribution < 1.29 is 23.1 Å². The number of furan rings is 1. The van der Waals surface area contributed by atoms with Crippen LogP contribution in [0.1, 0.15) is 38.1 Å². The van der Waals surface area contributed by atoms with Crippen molar-refractivity contribution in [1.29, 1.82) is 0 Å². The van der Waals surface area contributed by atoms with Gasteiger partial charge in [0.2, 0.25) is 0 Å². The summed E-state index contributed by atoms with van der Waals surface area (Å²) in [4.78, 5) is 16.8. The number of nitrogens with zero attached hydrogens (tertiary/aromatic N) is 1. The summed E-state index contributed by atoms with van der Waals surface area (Å²) >= 11 is 0. The summed E-state index contributed by atoms with van der Waals surface area (Å²) < 4.78 is 22.5. The number of hydrogen-bond donors (Lipinski definition) is 0. The highest BCUT2D eigenvalue weighted by Crippen LogP contribution is 2.53. The summed E-state index contributed by atoms with van der Waals surface area (Å²) in [6.07, 6.45) is 3.84. The van der Waals surface area contributed by atoms with Crippen molar-refractivity contribution in [2.75, 3.05) is 6.61 Å². The lowest BCUT2D eigenvalue weighted by Gasteiger charge is -2.58. The molecule has 1 aliphatic carbocycles. The van der Waals surface area contributed by atoms with E-state index in [1.165, 1.54) is 0 Å². The van der Waals surface area contributed by atoms with Gasteiger partial charge in [-0.1, -0.05) is 13.8 Å². The second-order valence-corrected chi connectivity index (χ2v) is 7.51. The number of aryl methyl sites for hydroxylation is 1. The van der Waals surface area contributed by atoms with Crippen LogP contribution in [-0.4, -0.2) is 29.8 Å². The minimum absolute atomic E-state index is 0.0953. The molecular formula is C19H23NO5. The van der Waals surface area contributed by atoms with E-state index in [-0.39, 0.29) is 30.0 Å². The Morgan fingerprint density at radius 1 is 1.44 bits per heavy atom. The van der Waals surface area contributed by atoms with Crippen LogP contribution in [0.15, 0.2) is 27.2 Å². The van der Waals surface area contributed by atoms with Crippen LogP contribution in [-0.2, 0) is 20.7 Å². The predicted molar refractivity (Wildman–Crippen MR) is 88.8 cm³/mol. The fourth-order valence-corrected chi connectivity index (χ4v) is 4.13. The van der Waals surface area contributed by atoms with Crippen LogP contribution >= 0.6 is 0 Å². The average molecular weight is 345 g/mol. The van der Waals surface area contributed by atoms with Crippen molar-refractivity contribution in [2.24, 2.45) is 11.3 Å². The second kappa shape index (κ2) is 6.02. The monoisotopic (exact) mass is 345 g/mol. The van der Waals surface area contributed by atoms with E-state index in [1.54, 1.807) is 25.3 Å². The molecule has 0 amide bonds. The van der Waals surface area contributed by atoms with Gasteiger partial charge in [-0.15, -0.1) is 0 Å². The van der Waals surface area contributed by atoms with Gasteiger partial charge in [-0.25, -0.2) is 4.98 Å². The van der Waals surface area contributed by atoms with Crippen molar-refractivity contribution in [3.8, 4) is 11.7 Å². The Balaban J connectivity index is 1.43. The summed E-state index contributed by atoms with van der Waals surface area (Å²) in [5, 5.41) is 0. The summed E-state index contributed by atoms with van der Waals surface area (Å²) in [6.45, 7) is 6.81. The second-order valence-electron chi connectivity index (χ2n) is 7.51. The molecular weight excluding hydrogens is 322 g/mol. The molecule has 6 heteroatoms. The lowest BCUT2D eigenvalue weighted by molar-refractivity contribution is -0.254. The predicted octanol–water partition coefficient (Wildman–Crippen LogP) is 3.53. The molecule has 2 fully saturated rings. The molecule has 0 radical (unpaired) electrons. The first-order valence-electron chi connectivity index (χ1n) is 8.78. The quantitative estimate of drug-likeness (QED) is 0.789. The molecule has 0 N–H and O–H groups in total. The Bertz CT molecular complexity index is 761. The number of esters is 1. The van der Waals surface area contributed by atoms with Crippen LogP contribution in [0.3, 0.4) is 0 Å². The van der Waals surface area contributed by atoms with Crippen LogP contribution in [0.4, 0.5) is 0 Å². The number of fused-ring (bicyclic) bond motifs is 1. The number of hydrogen-bond acceptors (Lipinski definition) is 6. The number of aromatic nitrogens is 1. The molecule has 1 saturated heterocycles. The van der Waals surface area contributed by atoms with Crippen LogP contribution in [0.2, 0.25) is 0 Å². The Labute approximate surface area is 146 Å². The first kappa shape index (κ1) is 16.4. The van der Waals surface area contributed by atoms with Gasteiger partial charge in [0.25, 0.3) is 5.89 Å². The van der Waals surface area contributed by atoms with Crippen LogP contribution < -0.4 is 0 Å². The molecule has 4 rings (SSSR count). The van der Waals surface area contributed by atoms with Crippen LogP contribution in [0.25, 0.3) is 11.7 Å². The third-order valence-electron chi connectivity index (χ3n) is 5.42. The lowest BCUT2D eigenvalue weighted by atomic mass is 9.57. The molecule has 134 valence electrons. The highest BCUT2D eigenvalue weighted by Gasteiger charge is 2.60. The molecule has 1 aliphatic heterocycles. The van der Waals surface area contributed by atoms with Gasteiger partial charge in [0.15, 0.2) is 5.76 Å². The largest absolute Gasteiger partial charge is 0.461 e. The number of rotatable bonds is 4. The van der Waals surface area contributed by atoms with Crippen molar-refractivity contribution in [1.82, 2.24) is 4.98 Å². The van der Waals surface area contributed by atoms with Gasteiger partial charge in [-0.2, -0.15) is 0 Å². The smallest absolute Gasteiger partial charge is 0.312 e. The number of carbonyl (C=O) groups is 1. The van der Waals surface area contributed by atoms with E-state index in [0.29, 0.717) is 29.0 Å². The first-order chi connectivity index (χ1) is 12.0. The average Bonchev–Trinajstić information content (AvgIpc) is 3.23. The minimum Gasteiger partial charge on any atom is -0.461 e. The zero-order valence-corrected chi connectivity index (χ0v) is 14.8. The standard InChI is InChI=1S/C19H23NO5/c1-11-13(20-18(24-11)14-7-5-8-22-14)10-15(21)25-17-12-6-4-9-23-16(12)19(17,2)3/h5,7-8,12,16-17H,4,6,9-10H2,1-3H3/t12-,16+,17+/m0/s1. The maximum absolute atomic E-state index is 12.5. The van der Waals surface area contributed by atoms with Crippen LogP contribution in [0, 0.1) is 18.3 Å². The lowest BCUT2D eigenvalue weighted by Crippen LogP contribution is -2.65. The van der Waals surface area contributed by atoms with E-state index < -0.39 is 0 Å². The third kappa shape index (κ3) is 2.78. The normalized spacial score (nSPS) is 27.4. The van der Waals surface area contributed by atoms with Crippen molar-refractivity contribution >= 4 is 5.97 Å². The first-order valence-corrected chi connectivity index (χ1v) is 8.78. The summed E-state index contributed by atoms with van der Waals surface area (Å²) in [6, 6.07) is 3.54. The van der Waals surface area contributed by atoms with Gasteiger partial charge < -0.3 is 18.3 Å². The van der Waals surface area contributed by atoms with Crippen molar-refractivity contribution in [3.63, 3.8) is 0 Å². The van der Waals surface area contributed by atoms with Gasteiger partial charge in [0, 0.05) is 17.9 Å². The number of carbonyl (C=O) groups excluding carboxylic acids is 1. The number of ether oxygens (including phenoxy) is 2. The fourth-order valence-electron chi connectivity index (χ4n) is 4.13. The molecule has 0 aromatic carbocycles. The van der Waals surface area contributed by atoms with Gasteiger partial charge in [0.1, 0.15) is 11.9 Å². The molecule has 0 unspecified atom stereocenters. The summed E-state index contributed by atoms with van der Waals surface area (Å²) in [5.74, 6) is 1.57.